The molecule has 0 aliphatic heterocycles. The molecule has 4 aromatic rings. The molecule has 1 N–H and O–H groups in total. The fraction of sp³-hybridized carbons (Fsp3) is 0.375. The topological polar surface area (TPSA) is 56.1 Å². The van der Waals surface area contributed by atoms with E-state index in [0.717, 1.165) is 55.7 Å². The van der Waals surface area contributed by atoms with Crippen LogP contribution >= 0.6 is 11.6 Å². The summed E-state index contributed by atoms with van der Waals surface area (Å²) in [5, 5.41) is 3.56. The van der Waals surface area contributed by atoms with E-state index in [4.69, 9.17) is 21.3 Å². The monoisotopic (exact) mass is 531 g/mol. The fourth-order valence-corrected chi connectivity index (χ4v) is 4.92. The summed E-state index contributed by atoms with van der Waals surface area (Å²) in [5.74, 6) is 2.47. The third-order valence-electron chi connectivity index (χ3n) is 6.76. The van der Waals surface area contributed by atoms with E-state index in [9.17, 15) is 4.79 Å². The number of halogens is 1. The molecular weight excluding hydrogens is 494 g/mol. The number of unbranched alkanes of at least 4 members (excludes halogenated alkanes) is 2. The highest BCUT2D eigenvalue weighted by Gasteiger charge is 2.12. The summed E-state index contributed by atoms with van der Waals surface area (Å²) in [6.07, 6.45) is 4.79. The molecule has 0 aliphatic carbocycles. The van der Waals surface area contributed by atoms with Crippen LogP contribution in [0.1, 0.15) is 72.8 Å². The van der Waals surface area contributed by atoms with Crippen LogP contribution in [0.5, 0.6) is 5.75 Å². The summed E-state index contributed by atoms with van der Waals surface area (Å²) in [5.41, 5.74) is 5.29. The number of benzene rings is 3. The Labute approximate surface area is 231 Å². The number of hydrogen-bond donors (Lipinski definition) is 1. The molecule has 6 heteroatoms. The highest BCUT2D eigenvalue weighted by atomic mass is 35.5. The molecule has 38 heavy (non-hydrogen) atoms. The van der Waals surface area contributed by atoms with Crippen LogP contribution in [-0.4, -0.2) is 28.6 Å². The summed E-state index contributed by atoms with van der Waals surface area (Å²) in [7, 11) is 0. The van der Waals surface area contributed by atoms with Gasteiger partial charge in [-0.05, 0) is 79.6 Å². The van der Waals surface area contributed by atoms with Gasteiger partial charge in [-0.2, -0.15) is 0 Å². The van der Waals surface area contributed by atoms with Gasteiger partial charge in [-0.3, -0.25) is 4.79 Å². The standard InChI is InChI=1S/C32H38ClN3O2/c1-23(2)27-17-16-24(3)21-30(27)38-20-10-19-36-29-14-7-6-13-28(29)35-31(36)15-5-4-8-18-34-32(37)25-11-9-12-26(33)22-25/h6-7,9,11-14,16-17,21-23H,4-5,8,10,15,18-20H2,1-3H3,(H,34,37). The number of aryl methyl sites for hydroxylation is 3. The lowest BCUT2D eigenvalue weighted by molar-refractivity contribution is 0.0953. The van der Waals surface area contributed by atoms with E-state index in [1.807, 2.05) is 6.07 Å². The minimum atomic E-state index is -0.0808. The molecule has 0 saturated carbocycles. The Bertz CT molecular complexity index is 1360. The van der Waals surface area contributed by atoms with Crippen LogP contribution in [0.2, 0.25) is 5.02 Å². The van der Waals surface area contributed by atoms with Gasteiger partial charge in [0.25, 0.3) is 5.91 Å². The molecule has 200 valence electrons. The van der Waals surface area contributed by atoms with Crippen molar-refractivity contribution >= 4 is 28.5 Å². The van der Waals surface area contributed by atoms with Gasteiger partial charge in [-0.25, -0.2) is 4.98 Å². The van der Waals surface area contributed by atoms with Gasteiger partial charge in [-0.15, -0.1) is 0 Å². The number of nitrogens with one attached hydrogen (secondary N) is 1. The maximum atomic E-state index is 12.3. The number of rotatable bonds is 13. The number of carbonyl (C=O) groups is 1. The zero-order valence-electron chi connectivity index (χ0n) is 22.7. The molecule has 0 saturated heterocycles. The molecule has 1 heterocycles. The summed E-state index contributed by atoms with van der Waals surface area (Å²) in [4.78, 5) is 17.2. The van der Waals surface area contributed by atoms with E-state index in [2.05, 4.69) is 67.1 Å². The largest absolute Gasteiger partial charge is 0.493 e. The van der Waals surface area contributed by atoms with Crippen molar-refractivity contribution in [3.05, 3.63) is 94.3 Å². The van der Waals surface area contributed by atoms with Crippen LogP contribution in [0.25, 0.3) is 11.0 Å². The van der Waals surface area contributed by atoms with Gasteiger partial charge in [0.2, 0.25) is 0 Å². The Morgan fingerprint density at radius 1 is 1.00 bits per heavy atom. The van der Waals surface area contributed by atoms with Crippen LogP contribution in [0, 0.1) is 6.92 Å². The molecule has 4 rings (SSSR count). The van der Waals surface area contributed by atoms with Crippen molar-refractivity contribution in [3.63, 3.8) is 0 Å². The molecule has 1 aromatic heterocycles. The van der Waals surface area contributed by atoms with E-state index in [1.54, 1.807) is 24.3 Å². The molecule has 5 nitrogen and oxygen atoms in total. The lowest BCUT2D eigenvalue weighted by Gasteiger charge is -2.15. The Kier molecular flexibility index (Phi) is 9.83. The van der Waals surface area contributed by atoms with E-state index < -0.39 is 0 Å². The number of para-hydroxylation sites is 2. The number of ether oxygens (including phenoxy) is 1. The Morgan fingerprint density at radius 2 is 1.84 bits per heavy atom. The number of nitrogens with zero attached hydrogens (tertiary/aromatic N) is 2. The zero-order chi connectivity index (χ0) is 26.9. The third-order valence-corrected chi connectivity index (χ3v) is 6.99. The van der Waals surface area contributed by atoms with Crippen molar-refractivity contribution in [2.24, 2.45) is 0 Å². The molecule has 0 unspecified atom stereocenters. The van der Waals surface area contributed by atoms with Crippen LogP contribution in [0.3, 0.4) is 0 Å². The zero-order valence-corrected chi connectivity index (χ0v) is 23.4. The Balaban J connectivity index is 1.27. The maximum absolute atomic E-state index is 12.3. The fourth-order valence-electron chi connectivity index (χ4n) is 4.73. The van der Waals surface area contributed by atoms with Crippen LogP contribution < -0.4 is 10.1 Å². The van der Waals surface area contributed by atoms with Crippen LogP contribution in [0.15, 0.2) is 66.7 Å². The molecular formula is C32H38ClN3O2. The smallest absolute Gasteiger partial charge is 0.251 e. The molecule has 0 atom stereocenters. The average Bonchev–Trinajstić information content (AvgIpc) is 3.25. The average molecular weight is 532 g/mol. The third kappa shape index (κ3) is 7.38. The molecule has 0 radical (unpaired) electrons. The first kappa shape index (κ1) is 27.7. The van der Waals surface area contributed by atoms with Gasteiger partial charge >= 0.3 is 0 Å². The minimum Gasteiger partial charge on any atom is -0.493 e. The van der Waals surface area contributed by atoms with E-state index >= 15 is 0 Å². The molecule has 0 bridgehead atoms. The Hall–Kier alpha value is -3.31. The van der Waals surface area contributed by atoms with Gasteiger partial charge < -0.3 is 14.6 Å². The highest BCUT2D eigenvalue weighted by molar-refractivity contribution is 6.30. The predicted octanol–water partition coefficient (Wildman–Crippen LogP) is 7.73. The van der Waals surface area contributed by atoms with Gasteiger partial charge in [0, 0.05) is 30.1 Å². The van der Waals surface area contributed by atoms with Crippen molar-refractivity contribution in [1.29, 1.82) is 0 Å². The maximum Gasteiger partial charge on any atom is 0.251 e. The summed E-state index contributed by atoms with van der Waals surface area (Å²) in [6, 6.07) is 21.9. The number of amides is 1. The van der Waals surface area contributed by atoms with Crippen molar-refractivity contribution in [2.45, 2.75) is 65.3 Å². The lowest BCUT2D eigenvalue weighted by Crippen LogP contribution is -2.24. The first-order valence-corrected chi connectivity index (χ1v) is 14.0. The number of aromatic nitrogens is 2. The van der Waals surface area contributed by atoms with Crippen molar-refractivity contribution in [3.8, 4) is 5.75 Å². The molecule has 0 spiro atoms. The minimum absolute atomic E-state index is 0.0808. The van der Waals surface area contributed by atoms with Gasteiger partial charge in [0.05, 0.1) is 17.6 Å². The summed E-state index contributed by atoms with van der Waals surface area (Å²) >= 11 is 5.99. The molecule has 1 amide bonds. The highest BCUT2D eigenvalue weighted by Crippen LogP contribution is 2.28. The van der Waals surface area contributed by atoms with Gasteiger partial charge in [0.1, 0.15) is 11.6 Å². The first-order valence-electron chi connectivity index (χ1n) is 13.6. The predicted molar refractivity (Wildman–Crippen MR) is 156 cm³/mol. The number of imidazole rings is 1. The first-order chi connectivity index (χ1) is 18.4. The number of carbonyl (C=O) groups excluding carboxylic acids is 1. The van der Waals surface area contributed by atoms with Gasteiger partial charge in [-0.1, -0.05) is 62.2 Å². The summed E-state index contributed by atoms with van der Waals surface area (Å²) < 4.78 is 8.58. The normalized spacial score (nSPS) is 11.3. The summed E-state index contributed by atoms with van der Waals surface area (Å²) in [6.45, 7) is 8.70. The number of fused-ring (bicyclic) bond motifs is 1. The number of hydrogen-bond acceptors (Lipinski definition) is 3. The second-order valence-corrected chi connectivity index (χ2v) is 10.6. The van der Waals surface area contributed by atoms with Crippen LogP contribution in [0.4, 0.5) is 0 Å². The van der Waals surface area contributed by atoms with Crippen molar-refractivity contribution in [1.82, 2.24) is 14.9 Å². The van der Waals surface area contributed by atoms with E-state index in [1.165, 1.54) is 16.6 Å². The van der Waals surface area contributed by atoms with E-state index in [-0.39, 0.29) is 5.91 Å². The molecule has 0 fully saturated rings. The molecule has 0 aliphatic rings. The van der Waals surface area contributed by atoms with Crippen molar-refractivity contribution in [2.75, 3.05) is 13.2 Å². The SMILES string of the molecule is Cc1ccc(C(C)C)c(OCCCn2c(CCCCCNC(=O)c3cccc(Cl)c3)nc3ccccc32)c1. The van der Waals surface area contributed by atoms with E-state index in [0.29, 0.717) is 29.7 Å². The van der Waals surface area contributed by atoms with Crippen molar-refractivity contribution < 1.29 is 9.53 Å². The lowest BCUT2D eigenvalue weighted by atomic mass is 10.0. The second-order valence-electron chi connectivity index (χ2n) is 10.1. The quantitative estimate of drug-likeness (QED) is 0.179. The molecule has 3 aromatic carbocycles. The second kappa shape index (κ2) is 13.5. The van der Waals surface area contributed by atoms with Crippen LogP contribution in [-0.2, 0) is 13.0 Å². The Morgan fingerprint density at radius 3 is 2.66 bits per heavy atom. The van der Waals surface area contributed by atoms with Gasteiger partial charge in [0.15, 0.2) is 0 Å².